The Balaban J connectivity index is 3.04. The average molecular weight is 310 g/mol. The van der Waals surface area contributed by atoms with Gasteiger partial charge in [0.05, 0.1) is 0 Å². The minimum Gasteiger partial charge on any atom is -0.478 e. The topological polar surface area (TPSA) is 80.7 Å². The predicted molar refractivity (Wildman–Crippen MR) is 63.5 cm³/mol. The number of hydrogen-bond acceptors (Lipinski definition) is 4. The Morgan fingerprint density at radius 2 is 1.95 bits per heavy atom. The quantitative estimate of drug-likeness (QED) is 0.524. The fourth-order valence-corrected chi connectivity index (χ4v) is 1.72. The third-order valence-corrected chi connectivity index (χ3v) is 3.07. The molecule has 0 aromatic heterocycles. The molecule has 1 aromatic carbocycles. The molecule has 0 spiro atoms. The number of alkyl halides is 3. The molecule has 0 amide bonds. The van der Waals surface area contributed by atoms with Gasteiger partial charge in [-0.15, -0.1) is 0 Å². The minimum absolute atomic E-state index is 0.116. The van der Waals surface area contributed by atoms with Crippen molar-refractivity contribution in [2.75, 3.05) is 0 Å². The van der Waals surface area contributed by atoms with Crippen LogP contribution in [0.3, 0.4) is 0 Å². The van der Waals surface area contributed by atoms with Gasteiger partial charge < -0.3 is 9.29 Å². The molecule has 1 rings (SSSR count). The zero-order chi connectivity index (χ0) is 15.6. The van der Waals surface area contributed by atoms with Gasteiger partial charge in [-0.1, -0.05) is 6.07 Å². The molecule has 1 aromatic rings. The van der Waals surface area contributed by atoms with Gasteiger partial charge >= 0.3 is 21.6 Å². The second-order valence-corrected chi connectivity index (χ2v) is 5.22. The normalized spacial score (nSPS) is 12.6. The van der Waals surface area contributed by atoms with Gasteiger partial charge in [0.25, 0.3) is 0 Å². The summed E-state index contributed by atoms with van der Waals surface area (Å²) >= 11 is 0. The van der Waals surface area contributed by atoms with Crippen LogP contribution < -0.4 is 4.18 Å². The van der Waals surface area contributed by atoms with Crippen molar-refractivity contribution in [1.29, 1.82) is 0 Å². The molecule has 0 bridgehead atoms. The van der Waals surface area contributed by atoms with Crippen molar-refractivity contribution < 1.29 is 35.7 Å². The number of carboxylic acids is 1. The molecule has 0 fully saturated rings. The Labute approximate surface area is 112 Å². The third kappa shape index (κ3) is 3.98. The molecule has 0 radical (unpaired) electrons. The van der Waals surface area contributed by atoms with Crippen LogP contribution in [0.2, 0.25) is 0 Å². The van der Waals surface area contributed by atoms with Gasteiger partial charge in [0.15, 0.2) is 0 Å². The lowest BCUT2D eigenvalue weighted by atomic mass is 10.1. The zero-order valence-electron chi connectivity index (χ0n) is 10.0. The van der Waals surface area contributed by atoms with Gasteiger partial charge in [0, 0.05) is 6.08 Å². The number of carboxylic acid groups (broad SMARTS) is 1. The highest BCUT2D eigenvalue weighted by Gasteiger charge is 2.48. The molecular weight excluding hydrogens is 301 g/mol. The highest BCUT2D eigenvalue weighted by atomic mass is 32.2. The first kappa shape index (κ1) is 16.0. The van der Waals surface area contributed by atoms with E-state index in [2.05, 4.69) is 4.18 Å². The number of aliphatic carboxylic acids is 1. The molecular formula is C11H9F3O5S. The molecule has 5 nitrogen and oxygen atoms in total. The monoisotopic (exact) mass is 310 g/mol. The van der Waals surface area contributed by atoms with E-state index in [1.165, 1.54) is 25.1 Å². The maximum Gasteiger partial charge on any atom is 0.534 e. The third-order valence-electron chi connectivity index (χ3n) is 2.10. The van der Waals surface area contributed by atoms with E-state index < -0.39 is 27.3 Å². The van der Waals surface area contributed by atoms with E-state index in [4.69, 9.17) is 5.11 Å². The predicted octanol–water partition coefficient (Wildman–Crippen LogP) is 2.32. The second-order valence-electron chi connectivity index (χ2n) is 3.68. The lowest BCUT2D eigenvalue weighted by Crippen LogP contribution is -2.28. The molecule has 0 unspecified atom stereocenters. The lowest BCUT2D eigenvalue weighted by molar-refractivity contribution is -0.131. The number of rotatable bonds is 4. The van der Waals surface area contributed by atoms with Crippen molar-refractivity contribution in [2.24, 2.45) is 0 Å². The summed E-state index contributed by atoms with van der Waals surface area (Å²) in [5, 5.41) is 8.43. The van der Waals surface area contributed by atoms with E-state index >= 15 is 0 Å². The maximum atomic E-state index is 12.2. The van der Waals surface area contributed by atoms with Gasteiger partial charge in [0.1, 0.15) is 5.75 Å². The van der Waals surface area contributed by atoms with Crippen LogP contribution in [0.25, 0.3) is 6.08 Å². The van der Waals surface area contributed by atoms with Crippen LogP contribution in [0.5, 0.6) is 5.75 Å². The number of hydrogen-bond donors (Lipinski definition) is 1. The van der Waals surface area contributed by atoms with Crippen LogP contribution in [0.15, 0.2) is 24.3 Å². The van der Waals surface area contributed by atoms with E-state index in [9.17, 15) is 26.4 Å². The molecule has 0 saturated carbocycles. The Kier molecular flexibility index (Phi) is 4.43. The summed E-state index contributed by atoms with van der Waals surface area (Å²) < 4.78 is 62.1. The van der Waals surface area contributed by atoms with Gasteiger partial charge in [0.2, 0.25) is 0 Å². The van der Waals surface area contributed by atoms with Gasteiger partial charge in [-0.25, -0.2) is 4.79 Å². The molecule has 0 atom stereocenters. The van der Waals surface area contributed by atoms with E-state index in [-0.39, 0.29) is 5.56 Å². The first-order chi connectivity index (χ1) is 9.03. The van der Waals surface area contributed by atoms with Crippen molar-refractivity contribution in [3.63, 3.8) is 0 Å². The summed E-state index contributed by atoms with van der Waals surface area (Å²) in [5.74, 6) is -1.67. The SMILES string of the molecule is Cc1cc(C=CC(=O)O)ccc1OS(=O)(=O)C(F)(F)F. The fourth-order valence-electron chi connectivity index (χ4n) is 1.20. The maximum absolute atomic E-state index is 12.2. The van der Waals surface area contributed by atoms with Gasteiger partial charge in [-0.2, -0.15) is 21.6 Å². The van der Waals surface area contributed by atoms with Crippen LogP contribution in [0.4, 0.5) is 13.2 Å². The van der Waals surface area contributed by atoms with E-state index in [1.54, 1.807) is 0 Å². The number of benzene rings is 1. The smallest absolute Gasteiger partial charge is 0.478 e. The minimum atomic E-state index is -5.72. The average Bonchev–Trinajstić information content (AvgIpc) is 2.28. The molecule has 0 saturated heterocycles. The Morgan fingerprint density at radius 3 is 2.40 bits per heavy atom. The van der Waals surface area contributed by atoms with E-state index in [0.717, 1.165) is 12.1 Å². The summed E-state index contributed by atoms with van der Waals surface area (Å²) in [7, 11) is -5.72. The van der Waals surface area contributed by atoms with E-state index in [0.29, 0.717) is 5.56 Å². The van der Waals surface area contributed by atoms with Crippen LogP contribution in [-0.2, 0) is 14.9 Å². The Hall–Kier alpha value is -2.03. The first-order valence-electron chi connectivity index (χ1n) is 5.05. The van der Waals surface area contributed by atoms with Crippen LogP contribution >= 0.6 is 0 Å². The Morgan fingerprint density at radius 1 is 1.35 bits per heavy atom. The number of halogens is 3. The highest BCUT2D eigenvalue weighted by molar-refractivity contribution is 7.88. The van der Waals surface area contributed by atoms with Crippen LogP contribution in [0.1, 0.15) is 11.1 Å². The lowest BCUT2D eigenvalue weighted by Gasteiger charge is -2.11. The second kappa shape index (κ2) is 5.53. The molecule has 1 N–H and O–H groups in total. The van der Waals surface area contributed by atoms with Crippen molar-refractivity contribution in [2.45, 2.75) is 12.4 Å². The number of carbonyl (C=O) groups is 1. The van der Waals surface area contributed by atoms with Gasteiger partial charge in [-0.05, 0) is 36.3 Å². The van der Waals surface area contributed by atoms with Crippen molar-refractivity contribution in [3.05, 3.63) is 35.4 Å². The molecule has 110 valence electrons. The molecule has 0 aliphatic heterocycles. The highest BCUT2D eigenvalue weighted by Crippen LogP contribution is 2.29. The van der Waals surface area contributed by atoms with Crippen LogP contribution in [-0.4, -0.2) is 25.0 Å². The molecule has 0 heterocycles. The first-order valence-corrected chi connectivity index (χ1v) is 6.46. The largest absolute Gasteiger partial charge is 0.534 e. The number of aryl methyl sites for hydroxylation is 1. The van der Waals surface area contributed by atoms with Crippen molar-refractivity contribution in [3.8, 4) is 5.75 Å². The summed E-state index contributed by atoms with van der Waals surface area (Å²) in [5.41, 5.74) is -5.02. The van der Waals surface area contributed by atoms with E-state index in [1.807, 2.05) is 0 Å². The summed E-state index contributed by atoms with van der Waals surface area (Å²) in [4.78, 5) is 10.3. The molecule has 0 aliphatic carbocycles. The van der Waals surface area contributed by atoms with Crippen molar-refractivity contribution in [1.82, 2.24) is 0 Å². The summed E-state index contributed by atoms with van der Waals surface area (Å²) in [6.45, 7) is 1.33. The fraction of sp³-hybridized carbons (Fsp3) is 0.182. The molecule has 20 heavy (non-hydrogen) atoms. The standard InChI is InChI=1S/C11H9F3O5S/c1-7-6-8(3-5-10(15)16)2-4-9(7)19-20(17,18)11(12,13)14/h2-6H,1H3,(H,15,16). The summed E-state index contributed by atoms with van der Waals surface area (Å²) in [6.07, 6.45) is 2.04. The van der Waals surface area contributed by atoms with Crippen LogP contribution in [0, 0.1) is 6.92 Å². The molecule has 0 aliphatic rings. The van der Waals surface area contributed by atoms with Crippen molar-refractivity contribution >= 4 is 22.2 Å². The van der Waals surface area contributed by atoms with Gasteiger partial charge in [-0.3, -0.25) is 0 Å². The Bertz CT molecular complexity index is 647. The summed E-state index contributed by atoms with van der Waals surface area (Å²) in [6, 6.07) is 3.54. The zero-order valence-corrected chi connectivity index (χ0v) is 10.8. The molecule has 9 heteroatoms.